The zero-order valence-corrected chi connectivity index (χ0v) is 13.8. The van der Waals surface area contributed by atoms with E-state index in [0.29, 0.717) is 18.2 Å². The molecule has 2 fully saturated rings. The number of Topliss-reactive ketones (excluding diaryl/α,β-unsaturated/α-hetero) is 1. The van der Waals surface area contributed by atoms with Crippen LogP contribution in [0.15, 0.2) is 0 Å². The Balaban J connectivity index is 1.64. The standard InChI is InChI=1S/C17H24N2OS/c1-17(2)9-12-15(14(20)10-17)21-16(18-12)19-8-7-11-5-3-4-6-13(11)19/h11,13H,3-10H2,1-2H3. The zero-order chi connectivity index (χ0) is 14.6. The number of rotatable bonds is 1. The molecule has 0 spiro atoms. The van der Waals surface area contributed by atoms with E-state index in [9.17, 15) is 4.79 Å². The molecule has 1 aromatic rings. The van der Waals surface area contributed by atoms with Gasteiger partial charge in [-0.1, -0.05) is 38.0 Å². The van der Waals surface area contributed by atoms with Crippen molar-refractivity contribution < 1.29 is 4.79 Å². The lowest BCUT2D eigenvalue weighted by atomic mass is 9.78. The first-order chi connectivity index (χ1) is 10.0. The molecule has 0 amide bonds. The van der Waals surface area contributed by atoms with Crippen molar-refractivity contribution >= 4 is 22.3 Å². The molecule has 4 heteroatoms. The van der Waals surface area contributed by atoms with Gasteiger partial charge in [-0.05, 0) is 37.0 Å². The van der Waals surface area contributed by atoms with Crippen molar-refractivity contribution in [1.29, 1.82) is 0 Å². The van der Waals surface area contributed by atoms with Crippen LogP contribution in [0.2, 0.25) is 0 Å². The van der Waals surface area contributed by atoms with E-state index in [4.69, 9.17) is 4.98 Å². The summed E-state index contributed by atoms with van der Waals surface area (Å²) >= 11 is 1.66. The van der Waals surface area contributed by atoms with Crippen LogP contribution in [-0.4, -0.2) is 23.4 Å². The highest BCUT2D eigenvalue weighted by molar-refractivity contribution is 7.17. The largest absolute Gasteiger partial charge is 0.345 e. The van der Waals surface area contributed by atoms with Gasteiger partial charge in [-0.2, -0.15) is 0 Å². The van der Waals surface area contributed by atoms with Crippen molar-refractivity contribution in [3.05, 3.63) is 10.6 Å². The molecule has 2 heterocycles. The number of carbonyl (C=O) groups is 1. The SMILES string of the molecule is CC1(C)CC(=O)c2sc(N3CCC4CCCCC43)nc2C1. The third-order valence-corrected chi connectivity index (χ3v) is 6.66. The second-order valence-electron chi connectivity index (χ2n) is 7.81. The molecule has 3 nitrogen and oxygen atoms in total. The molecule has 4 rings (SSSR count). The van der Waals surface area contributed by atoms with Crippen LogP contribution >= 0.6 is 11.3 Å². The summed E-state index contributed by atoms with van der Waals surface area (Å²) in [5, 5.41) is 1.13. The lowest BCUT2D eigenvalue weighted by Crippen LogP contribution is -2.34. The lowest BCUT2D eigenvalue weighted by molar-refractivity contribution is 0.0916. The average Bonchev–Trinajstić information content (AvgIpc) is 3.00. The fraction of sp³-hybridized carbons (Fsp3) is 0.765. The summed E-state index contributed by atoms with van der Waals surface area (Å²) in [5.41, 5.74) is 1.14. The second kappa shape index (κ2) is 4.80. The molecular formula is C17H24N2OS. The van der Waals surface area contributed by atoms with Gasteiger partial charge in [0.25, 0.3) is 0 Å². The summed E-state index contributed by atoms with van der Waals surface area (Å²) in [5.74, 6) is 1.18. The van der Waals surface area contributed by atoms with Gasteiger partial charge < -0.3 is 4.90 Å². The minimum atomic E-state index is 0.0772. The number of fused-ring (bicyclic) bond motifs is 2. The van der Waals surface area contributed by atoms with Gasteiger partial charge in [0.1, 0.15) is 0 Å². The van der Waals surface area contributed by atoms with Crippen molar-refractivity contribution in [2.45, 2.75) is 64.8 Å². The van der Waals surface area contributed by atoms with Crippen LogP contribution in [-0.2, 0) is 6.42 Å². The number of aromatic nitrogens is 1. The van der Waals surface area contributed by atoms with E-state index in [0.717, 1.165) is 34.6 Å². The average molecular weight is 304 g/mol. The number of hydrogen-bond acceptors (Lipinski definition) is 4. The van der Waals surface area contributed by atoms with Crippen molar-refractivity contribution in [3.63, 3.8) is 0 Å². The van der Waals surface area contributed by atoms with Crippen LogP contribution in [0.25, 0.3) is 0 Å². The van der Waals surface area contributed by atoms with Crippen molar-refractivity contribution in [2.75, 3.05) is 11.4 Å². The van der Waals surface area contributed by atoms with E-state index in [2.05, 4.69) is 18.7 Å². The minimum absolute atomic E-state index is 0.0772. The maximum absolute atomic E-state index is 12.4. The van der Waals surface area contributed by atoms with E-state index in [1.54, 1.807) is 11.3 Å². The molecule has 1 aromatic heterocycles. The summed E-state index contributed by atoms with van der Waals surface area (Å²) in [4.78, 5) is 20.7. The van der Waals surface area contributed by atoms with E-state index < -0.39 is 0 Å². The number of hydrogen-bond donors (Lipinski definition) is 0. The highest BCUT2D eigenvalue weighted by atomic mass is 32.1. The number of carbonyl (C=O) groups excluding carboxylic acids is 1. The Morgan fingerprint density at radius 2 is 2.00 bits per heavy atom. The summed E-state index contributed by atoms with van der Waals surface area (Å²) in [6.45, 7) is 5.50. The van der Waals surface area contributed by atoms with Gasteiger partial charge >= 0.3 is 0 Å². The summed E-state index contributed by atoms with van der Waals surface area (Å²) < 4.78 is 0. The van der Waals surface area contributed by atoms with Crippen LogP contribution in [0.4, 0.5) is 5.13 Å². The number of ketones is 1. The second-order valence-corrected chi connectivity index (χ2v) is 8.78. The fourth-order valence-electron chi connectivity index (χ4n) is 4.47. The Bertz CT molecular complexity index is 577. The molecule has 1 saturated heterocycles. The number of anilines is 1. The molecule has 2 aliphatic carbocycles. The quantitative estimate of drug-likeness (QED) is 0.784. The predicted molar refractivity (Wildman–Crippen MR) is 86.3 cm³/mol. The van der Waals surface area contributed by atoms with E-state index >= 15 is 0 Å². The van der Waals surface area contributed by atoms with Gasteiger partial charge in [-0.3, -0.25) is 4.79 Å². The Labute approximate surface area is 130 Å². The molecule has 0 aromatic carbocycles. The maximum Gasteiger partial charge on any atom is 0.186 e. The fourth-order valence-corrected chi connectivity index (χ4v) is 5.58. The molecule has 114 valence electrons. The summed E-state index contributed by atoms with van der Waals surface area (Å²) in [6.07, 6.45) is 8.39. The van der Waals surface area contributed by atoms with Crippen LogP contribution in [0.3, 0.4) is 0 Å². The van der Waals surface area contributed by atoms with Crippen molar-refractivity contribution in [1.82, 2.24) is 4.98 Å². The molecule has 0 radical (unpaired) electrons. The van der Waals surface area contributed by atoms with Gasteiger partial charge in [0.05, 0.1) is 10.6 Å². The monoisotopic (exact) mass is 304 g/mol. The summed E-state index contributed by atoms with van der Waals surface area (Å²) in [6, 6.07) is 0.689. The molecule has 1 aliphatic heterocycles. The van der Waals surface area contributed by atoms with Gasteiger partial charge in [-0.25, -0.2) is 4.98 Å². The number of thiazole rings is 1. The van der Waals surface area contributed by atoms with Gasteiger partial charge in [0, 0.05) is 19.0 Å². The van der Waals surface area contributed by atoms with Gasteiger partial charge in [0.2, 0.25) is 0 Å². The van der Waals surface area contributed by atoms with Crippen LogP contribution in [0.1, 0.15) is 67.7 Å². The van der Waals surface area contributed by atoms with Crippen LogP contribution in [0.5, 0.6) is 0 Å². The Hall–Kier alpha value is -0.900. The topological polar surface area (TPSA) is 33.2 Å². The van der Waals surface area contributed by atoms with Crippen molar-refractivity contribution in [2.24, 2.45) is 11.3 Å². The molecular weight excluding hydrogens is 280 g/mol. The van der Waals surface area contributed by atoms with Crippen LogP contribution < -0.4 is 4.90 Å². The summed E-state index contributed by atoms with van der Waals surface area (Å²) in [7, 11) is 0. The molecule has 3 aliphatic rings. The Morgan fingerprint density at radius 1 is 1.19 bits per heavy atom. The zero-order valence-electron chi connectivity index (χ0n) is 13.0. The lowest BCUT2D eigenvalue weighted by Gasteiger charge is -2.31. The first kappa shape index (κ1) is 13.7. The molecule has 2 unspecified atom stereocenters. The van der Waals surface area contributed by atoms with E-state index in [-0.39, 0.29) is 5.41 Å². The van der Waals surface area contributed by atoms with Gasteiger partial charge in [0.15, 0.2) is 10.9 Å². The number of nitrogens with zero attached hydrogens (tertiary/aromatic N) is 2. The first-order valence-corrected chi connectivity index (χ1v) is 9.15. The highest BCUT2D eigenvalue weighted by Crippen LogP contribution is 2.43. The third-order valence-electron chi connectivity index (χ3n) is 5.48. The molecule has 1 saturated carbocycles. The van der Waals surface area contributed by atoms with E-state index in [1.807, 2.05) is 0 Å². The Morgan fingerprint density at radius 3 is 2.86 bits per heavy atom. The molecule has 0 N–H and O–H groups in total. The Kier molecular flexibility index (Phi) is 3.14. The smallest absolute Gasteiger partial charge is 0.186 e. The van der Waals surface area contributed by atoms with Crippen molar-refractivity contribution in [3.8, 4) is 0 Å². The normalized spacial score (nSPS) is 31.1. The maximum atomic E-state index is 12.4. The highest BCUT2D eigenvalue weighted by Gasteiger charge is 2.39. The van der Waals surface area contributed by atoms with E-state index in [1.165, 1.54) is 32.1 Å². The van der Waals surface area contributed by atoms with Crippen LogP contribution in [0, 0.1) is 11.3 Å². The third kappa shape index (κ3) is 2.32. The van der Waals surface area contributed by atoms with Gasteiger partial charge in [-0.15, -0.1) is 0 Å². The molecule has 21 heavy (non-hydrogen) atoms. The first-order valence-electron chi connectivity index (χ1n) is 8.33. The minimum Gasteiger partial charge on any atom is -0.345 e. The predicted octanol–water partition coefficient (Wildman–Crippen LogP) is 4.07. The molecule has 2 atom stereocenters. The molecule has 0 bridgehead atoms.